The van der Waals surface area contributed by atoms with Crippen LogP contribution in [-0.4, -0.2) is 18.1 Å². The monoisotopic (exact) mass is 149 g/mol. The van der Waals surface area contributed by atoms with Crippen LogP contribution in [0.4, 0.5) is 11.4 Å². The van der Waals surface area contributed by atoms with Crippen LogP contribution < -0.4 is 10.6 Å². The van der Waals surface area contributed by atoms with Crippen molar-refractivity contribution in [3.63, 3.8) is 0 Å². The first-order chi connectivity index (χ1) is 5.38. The lowest BCUT2D eigenvalue weighted by atomic mass is 10.2. The van der Waals surface area contributed by atoms with E-state index in [9.17, 15) is 0 Å². The predicted molar refractivity (Wildman–Crippen MR) is 46.0 cm³/mol. The summed E-state index contributed by atoms with van der Waals surface area (Å²) in [6.07, 6.45) is 1.83. The van der Waals surface area contributed by atoms with Crippen LogP contribution in [0.2, 0.25) is 0 Å². The molecule has 3 nitrogen and oxygen atoms in total. The summed E-state index contributed by atoms with van der Waals surface area (Å²) in [6.45, 7) is 3.99. The van der Waals surface area contributed by atoms with Gasteiger partial charge >= 0.3 is 0 Å². The Morgan fingerprint density at radius 3 is 3.00 bits per heavy atom. The maximum Gasteiger partial charge on any atom is 0.0792 e. The van der Waals surface area contributed by atoms with E-state index in [1.165, 1.54) is 5.69 Å². The molecule has 3 heteroatoms. The molecule has 0 fully saturated rings. The van der Waals surface area contributed by atoms with E-state index in [2.05, 4.69) is 15.6 Å². The van der Waals surface area contributed by atoms with Crippen LogP contribution in [0, 0.1) is 6.92 Å². The van der Waals surface area contributed by atoms with Crippen molar-refractivity contribution in [3.8, 4) is 0 Å². The predicted octanol–water partition coefficient (Wildman–Crippen LogP) is 1.23. The zero-order valence-corrected chi connectivity index (χ0v) is 6.52. The highest BCUT2D eigenvalue weighted by Gasteiger charge is 2.08. The van der Waals surface area contributed by atoms with Crippen LogP contribution in [0.5, 0.6) is 0 Å². The lowest BCUT2D eigenvalue weighted by Gasteiger charge is -2.20. The Bertz CT molecular complexity index is 270. The summed E-state index contributed by atoms with van der Waals surface area (Å²) in [7, 11) is 0. The number of hydrogen-bond donors (Lipinski definition) is 2. The number of aromatic nitrogens is 1. The molecule has 0 atom stereocenters. The van der Waals surface area contributed by atoms with Gasteiger partial charge in [0.2, 0.25) is 0 Å². The van der Waals surface area contributed by atoms with Crippen molar-refractivity contribution >= 4 is 11.4 Å². The van der Waals surface area contributed by atoms with Gasteiger partial charge in [0.25, 0.3) is 0 Å². The van der Waals surface area contributed by atoms with Gasteiger partial charge in [-0.15, -0.1) is 0 Å². The number of nitrogens with one attached hydrogen (secondary N) is 2. The minimum absolute atomic E-state index is 0.986. The molecule has 0 aliphatic carbocycles. The average molecular weight is 149 g/mol. The van der Waals surface area contributed by atoms with E-state index in [0.29, 0.717) is 0 Å². The molecule has 2 heterocycles. The molecule has 0 unspecified atom stereocenters. The van der Waals surface area contributed by atoms with Crippen LogP contribution in [0.25, 0.3) is 0 Å². The standard InChI is InChI=1S/C8H11N3/c1-6-8-7(2-3-9-6)10-4-5-11-8/h2-3,10-11H,4-5H2,1H3. The summed E-state index contributed by atoms with van der Waals surface area (Å²) < 4.78 is 0. The van der Waals surface area contributed by atoms with Gasteiger partial charge < -0.3 is 10.6 Å². The summed E-state index contributed by atoms with van der Waals surface area (Å²) in [5, 5.41) is 6.61. The number of aryl methyl sites for hydroxylation is 1. The smallest absolute Gasteiger partial charge is 0.0792 e. The van der Waals surface area contributed by atoms with Crippen LogP contribution in [0.3, 0.4) is 0 Å². The molecular formula is C8H11N3. The second-order valence-electron chi connectivity index (χ2n) is 2.67. The van der Waals surface area contributed by atoms with Gasteiger partial charge in [0, 0.05) is 19.3 Å². The third kappa shape index (κ3) is 1.02. The lowest BCUT2D eigenvalue weighted by Crippen LogP contribution is -2.21. The molecule has 0 bridgehead atoms. The first kappa shape index (κ1) is 6.46. The van der Waals surface area contributed by atoms with Gasteiger partial charge in [-0.1, -0.05) is 0 Å². The Labute approximate surface area is 65.8 Å². The average Bonchev–Trinajstić information content (AvgIpc) is 2.06. The highest BCUT2D eigenvalue weighted by molar-refractivity contribution is 5.72. The molecule has 1 aromatic rings. The van der Waals surface area contributed by atoms with E-state index in [-0.39, 0.29) is 0 Å². The minimum atomic E-state index is 0.986. The number of hydrogen-bond acceptors (Lipinski definition) is 3. The molecule has 11 heavy (non-hydrogen) atoms. The molecule has 0 aromatic carbocycles. The first-order valence-corrected chi connectivity index (χ1v) is 3.81. The highest BCUT2D eigenvalue weighted by atomic mass is 15.0. The second kappa shape index (κ2) is 2.42. The minimum Gasteiger partial charge on any atom is -0.382 e. The van der Waals surface area contributed by atoms with Crippen LogP contribution in [0.15, 0.2) is 12.3 Å². The SMILES string of the molecule is Cc1nccc2c1NCCN2. The van der Waals surface area contributed by atoms with Crippen LogP contribution in [0.1, 0.15) is 5.69 Å². The van der Waals surface area contributed by atoms with E-state index >= 15 is 0 Å². The van der Waals surface area contributed by atoms with Crippen molar-refractivity contribution in [1.82, 2.24) is 4.98 Å². The molecule has 0 amide bonds. The highest BCUT2D eigenvalue weighted by Crippen LogP contribution is 2.25. The fourth-order valence-corrected chi connectivity index (χ4v) is 1.32. The third-order valence-electron chi connectivity index (χ3n) is 1.88. The number of rotatable bonds is 0. The maximum absolute atomic E-state index is 4.19. The topological polar surface area (TPSA) is 37.0 Å². The molecule has 1 aliphatic rings. The molecule has 0 radical (unpaired) electrons. The van der Waals surface area contributed by atoms with Crippen molar-refractivity contribution < 1.29 is 0 Å². The van der Waals surface area contributed by atoms with Gasteiger partial charge in [0.15, 0.2) is 0 Å². The zero-order valence-electron chi connectivity index (χ0n) is 6.52. The third-order valence-corrected chi connectivity index (χ3v) is 1.88. The number of pyridine rings is 1. The molecular weight excluding hydrogens is 138 g/mol. The Kier molecular flexibility index (Phi) is 1.42. The Balaban J connectivity index is 2.49. The zero-order chi connectivity index (χ0) is 7.68. The summed E-state index contributed by atoms with van der Waals surface area (Å²) in [5.74, 6) is 0. The Hall–Kier alpha value is -1.25. The second-order valence-corrected chi connectivity index (χ2v) is 2.67. The maximum atomic E-state index is 4.19. The van der Waals surface area contributed by atoms with Crippen molar-refractivity contribution in [1.29, 1.82) is 0 Å². The molecule has 2 rings (SSSR count). The van der Waals surface area contributed by atoms with Gasteiger partial charge in [0.1, 0.15) is 0 Å². The van der Waals surface area contributed by atoms with E-state index in [4.69, 9.17) is 0 Å². The molecule has 1 aromatic heterocycles. The fraction of sp³-hybridized carbons (Fsp3) is 0.375. The van der Waals surface area contributed by atoms with Crippen molar-refractivity contribution in [3.05, 3.63) is 18.0 Å². The normalized spacial score (nSPS) is 14.6. The molecule has 0 saturated heterocycles. The first-order valence-electron chi connectivity index (χ1n) is 3.81. The lowest BCUT2D eigenvalue weighted by molar-refractivity contribution is 1.02. The van der Waals surface area contributed by atoms with Crippen LogP contribution >= 0.6 is 0 Å². The van der Waals surface area contributed by atoms with Gasteiger partial charge in [-0.25, -0.2) is 0 Å². The molecule has 1 aliphatic heterocycles. The van der Waals surface area contributed by atoms with E-state index in [1.54, 1.807) is 0 Å². The van der Waals surface area contributed by atoms with Gasteiger partial charge in [-0.2, -0.15) is 0 Å². The largest absolute Gasteiger partial charge is 0.382 e. The van der Waals surface area contributed by atoms with Gasteiger partial charge in [-0.3, -0.25) is 4.98 Å². The summed E-state index contributed by atoms with van der Waals surface area (Å²) in [6, 6.07) is 1.99. The van der Waals surface area contributed by atoms with Crippen molar-refractivity contribution in [2.75, 3.05) is 23.7 Å². The van der Waals surface area contributed by atoms with E-state index in [1.807, 2.05) is 19.2 Å². The number of fused-ring (bicyclic) bond motifs is 1. The van der Waals surface area contributed by atoms with Gasteiger partial charge in [0.05, 0.1) is 17.1 Å². The number of nitrogens with zero attached hydrogens (tertiary/aromatic N) is 1. The van der Waals surface area contributed by atoms with Gasteiger partial charge in [-0.05, 0) is 13.0 Å². The Morgan fingerprint density at radius 1 is 1.36 bits per heavy atom. The van der Waals surface area contributed by atoms with Crippen molar-refractivity contribution in [2.45, 2.75) is 6.92 Å². The summed E-state index contributed by atoms with van der Waals surface area (Å²) >= 11 is 0. The molecule has 0 saturated carbocycles. The van der Waals surface area contributed by atoms with E-state index in [0.717, 1.165) is 24.5 Å². The van der Waals surface area contributed by atoms with E-state index < -0.39 is 0 Å². The Morgan fingerprint density at radius 2 is 2.18 bits per heavy atom. The fourth-order valence-electron chi connectivity index (χ4n) is 1.32. The van der Waals surface area contributed by atoms with Crippen molar-refractivity contribution in [2.24, 2.45) is 0 Å². The summed E-state index contributed by atoms with van der Waals surface area (Å²) in [4.78, 5) is 4.19. The molecule has 58 valence electrons. The quantitative estimate of drug-likeness (QED) is 0.582. The van der Waals surface area contributed by atoms with Crippen LogP contribution in [-0.2, 0) is 0 Å². The number of anilines is 2. The molecule has 0 spiro atoms. The summed E-state index contributed by atoms with van der Waals surface area (Å²) in [5.41, 5.74) is 3.39. The molecule has 2 N–H and O–H groups in total.